The molecular weight excluding hydrogens is 388 g/mol. The molecule has 1 aliphatic heterocycles. The van der Waals surface area contributed by atoms with E-state index in [0.29, 0.717) is 23.6 Å². The quantitative estimate of drug-likeness (QED) is 0.631. The van der Waals surface area contributed by atoms with Crippen molar-refractivity contribution in [2.45, 2.75) is 13.5 Å². The second-order valence-electron chi connectivity index (χ2n) is 7.43. The third kappa shape index (κ3) is 3.32. The summed E-state index contributed by atoms with van der Waals surface area (Å²) in [7, 11) is 0. The van der Waals surface area contributed by atoms with Crippen LogP contribution >= 0.6 is 0 Å². The van der Waals surface area contributed by atoms with Crippen LogP contribution in [-0.4, -0.2) is 16.4 Å². The van der Waals surface area contributed by atoms with Gasteiger partial charge in [-0.05, 0) is 36.8 Å². The molecule has 1 N–H and O–H groups in total. The van der Waals surface area contributed by atoms with Crippen LogP contribution in [0.4, 0.5) is 5.69 Å². The van der Waals surface area contributed by atoms with Gasteiger partial charge >= 0.3 is 0 Å². The fourth-order valence-electron chi connectivity index (χ4n) is 4.07. The minimum atomic E-state index is -0.382. The zero-order chi connectivity index (χ0) is 21.4. The molecule has 152 valence electrons. The largest absolute Gasteiger partial charge is 0.337 e. The van der Waals surface area contributed by atoms with Crippen molar-refractivity contribution in [2.75, 3.05) is 5.32 Å². The summed E-state index contributed by atoms with van der Waals surface area (Å²) in [6.45, 7) is 2.73. The van der Waals surface area contributed by atoms with Gasteiger partial charge in [0, 0.05) is 28.7 Å². The number of hydrogen-bond donors (Lipinski definition) is 1. The van der Waals surface area contributed by atoms with Crippen molar-refractivity contribution in [1.29, 1.82) is 0 Å². The molecule has 2 aromatic carbocycles. The molecule has 5 rings (SSSR count). The first-order chi connectivity index (χ1) is 15.2. The molecule has 0 saturated carbocycles. The van der Waals surface area contributed by atoms with Crippen molar-refractivity contribution >= 4 is 34.1 Å². The van der Waals surface area contributed by atoms with E-state index in [1.807, 2.05) is 90.4 Å². The van der Waals surface area contributed by atoms with Crippen LogP contribution < -0.4 is 5.32 Å². The number of aryl methyl sites for hydroxylation is 1. The molecule has 0 bridgehead atoms. The summed E-state index contributed by atoms with van der Waals surface area (Å²) in [5.74, 6) is -0.793. The highest BCUT2D eigenvalue weighted by atomic mass is 16.2. The Bertz CT molecular complexity index is 1320. The normalized spacial score (nSPS) is 17.3. The zero-order valence-electron chi connectivity index (χ0n) is 16.9. The van der Waals surface area contributed by atoms with Gasteiger partial charge in [0.05, 0.1) is 11.6 Å². The molecule has 0 saturated heterocycles. The average molecular weight is 408 g/mol. The lowest BCUT2D eigenvalue weighted by Crippen LogP contribution is -2.17. The van der Waals surface area contributed by atoms with Crippen molar-refractivity contribution in [3.05, 3.63) is 95.7 Å². The summed E-state index contributed by atoms with van der Waals surface area (Å²) in [6.07, 6.45) is 7.46. The van der Waals surface area contributed by atoms with Gasteiger partial charge in [0.1, 0.15) is 5.69 Å². The molecule has 1 aliphatic carbocycles. The van der Waals surface area contributed by atoms with Crippen molar-refractivity contribution < 1.29 is 9.59 Å². The van der Waals surface area contributed by atoms with E-state index in [1.54, 1.807) is 0 Å². The summed E-state index contributed by atoms with van der Waals surface area (Å²) in [4.78, 5) is 24.9. The Morgan fingerprint density at radius 3 is 2.68 bits per heavy atom. The first-order valence-corrected chi connectivity index (χ1v) is 10.2. The number of para-hydroxylation sites is 1. The lowest BCUT2D eigenvalue weighted by atomic mass is 9.89. The molecule has 6 nitrogen and oxygen atoms in total. The maximum absolute atomic E-state index is 12.9. The Morgan fingerprint density at radius 2 is 1.87 bits per heavy atom. The molecule has 0 spiro atoms. The number of carbonyl (C=O) groups is 2. The minimum absolute atomic E-state index is 0.156. The lowest BCUT2D eigenvalue weighted by molar-refractivity contribution is -0.119. The maximum atomic E-state index is 12.9. The van der Waals surface area contributed by atoms with Crippen LogP contribution in [-0.2, 0) is 11.3 Å². The summed E-state index contributed by atoms with van der Waals surface area (Å²) >= 11 is 0. The van der Waals surface area contributed by atoms with Crippen LogP contribution in [0.2, 0.25) is 0 Å². The van der Waals surface area contributed by atoms with Crippen LogP contribution in [0.1, 0.15) is 23.0 Å². The lowest BCUT2D eigenvalue weighted by Gasteiger charge is -2.19. The smallest absolute Gasteiger partial charge is 0.276 e. The first kappa shape index (κ1) is 18.9. The third-order valence-electron chi connectivity index (χ3n) is 5.59. The highest BCUT2D eigenvalue weighted by Gasteiger charge is 2.27. The van der Waals surface area contributed by atoms with Crippen LogP contribution in [0.3, 0.4) is 0 Å². The number of nitrogens with zero attached hydrogens (tertiary/aromatic N) is 3. The molecule has 1 unspecified atom stereocenters. The van der Waals surface area contributed by atoms with E-state index in [1.165, 1.54) is 0 Å². The van der Waals surface area contributed by atoms with Crippen molar-refractivity contribution in [2.24, 2.45) is 16.1 Å². The number of azo groups is 1. The molecule has 3 aromatic rings. The fourth-order valence-corrected chi connectivity index (χ4v) is 4.07. The highest BCUT2D eigenvalue weighted by molar-refractivity contribution is 6.06. The Hall–Kier alpha value is -4.06. The Kier molecular flexibility index (Phi) is 4.67. The molecule has 6 heteroatoms. The van der Waals surface area contributed by atoms with Crippen LogP contribution in [0.15, 0.2) is 94.7 Å². The highest BCUT2D eigenvalue weighted by Crippen LogP contribution is 2.34. The fraction of sp³-hybridized carbons (Fsp3) is 0.120. The van der Waals surface area contributed by atoms with Crippen molar-refractivity contribution in [1.82, 2.24) is 4.57 Å². The Balaban J connectivity index is 1.41. The Morgan fingerprint density at radius 1 is 1.06 bits per heavy atom. The van der Waals surface area contributed by atoms with E-state index in [0.717, 1.165) is 22.0 Å². The second-order valence-corrected chi connectivity index (χ2v) is 7.43. The van der Waals surface area contributed by atoms with Gasteiger partial charge in [-0.1, -0.05) is 54.6 Å². The number of benzene rings is 2. The van der Waals surface area contributed by atoms with E-state index >= 15 is 0 Å². The monoisotopic (exact) mass is 408 g/mol. The van der Waals surface area contributed by atoms with Gasteiger partial charge in [0.2, 0.25) is 0 Å². The number of carbonyl (C=O) groups excluding carboxylic acids is 2. The number of allylic oxidation sites excluding steroid dienone is 3. The second kappa shape index (κ2) is 7.65. The van der Waals surface area contributed by atoms with Crippen molar-refractivity contribution in [3.63, 3.8) is 0 Å². The number of rotatable bonds is 4. The predicted octanol–water partition coefficient (Wildman–Crippen LogP) is 5.36. The Labute approximate surface area is 179 Å². The first-order valence-electron chi connectivity index (χ1n) is 10.2. The topological polar surface area (TPSA) is 75.8 Å². The number of amides is 2. The van der Waals surface area contributed by atoms with Gasteiger partial charge in [-0.15, -0.1) is 10.2 Å². The summed E-state index contributed by atoms with van der Waals surface area (Å²) in [5.41, 5.74) is 4.71. The standard InChI is InChI=1S/C25H20N4O2/c1-2-29-21-10-6-3-7-17(21)15-22(29)25(31)26-18-13-11-16(12-14-18)23-19-8-4-5-9-20(19)24(30)28-27-23/h3-15,20H,2H2,1H3,(H,26,31). The number of aromatic nitrogens is 1. The van der Waals surface area contributed by atoms with Gasteiger partial charge in [0.25, 0.3) is 11.8 Å². The molecule has 2 aliphatic rings. The zero-order valence-corrected chi connectivity index (χ0v) is 16.9. The molecular formula is C25H20N4O2. The van der Waals surface area contributed by atoms with E-state index in [2.05, 4.69) is 15.5 Å². The molecule has 1 atom stereocenters. The molecule has 2 heterocycles. The van der Waals surface area contributed by atoms with E-state index < -0.39 is 0 Å². The van der Waals surface area contributed by atoms with Gasteiger partial charge in [-0.2, -0.15) is 0 Å². The summed E-state index contributed by atoms with van der Waals surface area (Å²) in [5, 5.41) is 11.9. The molecule has 0 radical (unpaired) electrons. The SMILES string of the molecule is CCn1c(C(=O)Nc2ccc(C3=C4C=CC=CC4C(=O)N=N3)cc2)cc2ccccc21. The van der Waals surface area contributed by atoms with Gasteiger partial charge in [0.15, 0.2) is 0 Å². The van der Waals surface area contributed by atoms with E-state index in [-0.39, 0.29) is 17.7 Å². The summed E-state index contributed by atoms with van der Waals surface area (Å²) in [6, 6.07) is 17.3. The summed E-state index contributed by atoms with van der Waals surface area (Å²) < 4.78 is 2.01. The van der Waals surface area contributed by atoms with Gasteiger partial charge < -0.3 is 9.88 Å². The van der Waals surface area contributed by atoms with Crippen LogP contribution in [0.25, 0.3) is 16.6 Å². The predicted molar refractivity (Wildman–Crippen MR) is 121 cm³/mol. The molecule has 0 fully saturated rings. The molecule has 2 amide bonds. The van der Waals surface area contributed by atoms with E-state index in [4.69, 9.17) is 0 Å². The maximum Gasteiger partial charge on any atom is 0.276 e. The van der Waals surface area contributed by atoms with Crippen molar-refractivity contribution in [3.8, 4) is 0 Å². The number of fused-ring (bicyclic) bond motifs is 2. The minimum Gasteiger partial charge on any atom is -0.337 e. The third-order valence-corrected chi connectivity index (χ3v) is 5.59. The number of hydrogen-bond acceptors (Lipinski definition) is 3. The molecule has 1 aromatic heterocycles. The van der Waals surface area contributed by atoms with Crippen LogP contribution in [0, 0.1) is 5.92 Å². The van der Waals surface area contributed by atoms with Crippen LogP contribution in [0.5, 0.6) is 0 Å². The molecule has 31 heavy (non-hydrogen) atoms. The number of nitrogens with one attached hydrogen (secondary N) is 1. The van der Waals surface area contributed by atoms with Gasteiger partial charge in [-0.3, -0.25) is 9.59 Å². The number of anilines is 1. The average Bonchev–Trinajstić information content (AvgIpc) is 3.19. The van der Waals surface area contributed by atoms with E-state index in [9.17, 15) is 9.59 Å². The van der Waals surface area contributed by atoms with Gasteiger partial charge in [-0.25, -0.2) is 0 Å².